The molecule has 0 radical (unpaired) electrons. The van der Waals surface area contributed by atoms with Crippen molar-refractivity contribution in [1.29, 1.82) is 0 Å². The van der Waals surface area contributed by atoms with E-state index in [2.05, 4.69) is 25.4 Å². The Morgan fingerprint density at radius 1 is 1.52 bits per heavy atom. The zero-order chi connectivity index (χ0) is 16.6. The summed E-state index contributed by atoms with van der Waals surface area (Å²) in [6.45, 7) is 11.4. The molecule has 1 saturated carbocycles. The summed E-state index contributed by atoms with van der Waals surface area (Å²) in [5.74, 6) is 2.88. The van der Waals surface area contributed by atoms with Gasteiger partial charge in [-0.1, -0.05) is 13.8 Å². The Morgan fingerprint density at radius 3 is 2.91 bits per heavy atom. The molecule has 0 amide bonds. The van der Waals surface area contributed by atoms with E-state index >= 15 is 0 Å². The van der Waals surface area contributed by atoms with Gasteiger partial charge in [-0.15, -0.1) is 0 Å². The van der Waals surface area contributed by atoms with Gasteiger partial charge >= 0.3 is 0 Å². The number of aromatic nitrogens is 1. The van der Waals surface area contributed by atoms with Crippen LogP contribution in [0.2, 0.25) is 0 Å². The highest BCUT2D eigenvalue weighted by atomic mass is 16.5. The fourth-order valence-corrected chi connectivity index (χ4v) is 3.16. The summed E-state index contributed by atoms with van der Waals surface area (Å²) in [7, 11) is 0. The number of anilines is 1. The molecule has 2 heterocycles. The smallest absolute Gasteiger partial charge is 0.188 e. The Hall–Kier alpha value is -1.75. The lowest BCUT2D eigenvalue weighted by atomic mass is 9.76. The number of hydrogen-bond acceptors (Lipinski definition) is 5. The molecule has 0 spiro atoms. The van der Waals surface area contributed by atoms with Crippen LogP contribution in [0.15, 0.2) is 24.7 Å². The molecule has 126 valence electrons. The predicted molar refractivity (Wildman–Crippen MR) is 89.2 cm³/mol. The van der Waals surface area contributed by atoms with Crippen molar-refractivity contribution in [3.05, 3.63) is 30.3 Å². The van der Waals surface area contributed by atoms with E-state index in [9.17, 15) is 5.11 Å². The van der Waals surface area contributed by atoms with Gasteiger partial charge in [0.05, 0.1) is 18.4 Å². The molecule has 0 aromatic carbocycles. The molecule has 3 rings (SSSR count). The zero-order valence-electron chi connectivity index (χ0n) is 14.2. The molecule has 2 aliphatic rings. The summed E-state index contributed by atoms with van der Waals surface area (Å²) < 4.78 is 11.5. The summed E-state index contributed by atoms with van der Waals surface area (Å²) in [5, 5.41) is 10.00. The molecule has 1 aliphatic carbocycles. The van der Waals surface area contributed by atoms with E-state index in [1.165, 1.54) is 0 Å². The lowest BCUT2D eigenvalue weighted by Gasteiger charge is -2.48. The predicted octanol–water partition coefficient (Wildman–Crippen LogP) is 3.23. The van der Waals surface area contributed by atoms with Gasteiger partial charge in [0.2, 0.25) is 0 Å². The van der Waals surface area contributed by atoms with Gasteiger partial charge in [0.15, 0.2) is 5.88 Å². The lowest BCUT2D eigenvalue weighted by molar-refractivity contribution is -0.0337. The first kappa shape index (κ1) is 16.1. The highest BCUT2D eigenvalue weighted by Crippen LogP contribution is 2.42. The number of fused-ring (bicyclic) bond motifs is 1. The van der Waals surface area contributed by atoms with Gasteiger partial charge in [-0.3, -0.25) is 4.90 Å². The van der Waals surface area contributed by atoms with Crippen LogP contribution in [0, 0.1) is 5.92 Å². The zero-order valence-corrected chi connectivity index (χ0v) is 14.2. The van der Waals surface area contributed by atoms with E-state index in [1.54, 1.807) is 6.20 Å². The molecule has 0 saturated heterocycles. The van der Waals surface area contributed by atoms with Crippen molar-refractivity contribution in [1.82, 2.24) is 4.98 Å². The van der Waals surface area contributed by atoms with Crippen molar-refractivity contribution in [2.24, 2.45) is 5.92 Å². The fourth-order valence-electron chi connectivity index (χ4n) is 3.16. The average molecular weight is 318 g/mol. The van der Waals surface area contributed by atoms with Crippen LogP contribution >= 0.6 is 0 Å². The van der Waals surface area contributed by atoms with Crippen LogP contribution in [-0.2, 0) is 11.3 Å². The lowest BCUT2D eigenvalue weighted by Crippen LogP contribution is -2.54. The first-order chi connectivity index (χ1) is 10.9. The van der Waals surface area contributed by atoms with Crippen LogP contribution in [0.1, 0.15) is 45.6 Å². The van der Waals surface area contributed by atoms with Gasteiger partial charge in [-0.2, -0.15) is 0 Å². The van der Waals surface area contributed by atoms with Crippen molar-refractivity contribution in [3.8, 4) is 5.75 Å². The highest BCUT2D eigenvalue weighted by molar-refractivity contribution is 5.56. The van der Waals surface area contributed by atoms with Crippen molar-refractivity contribution >= 4 is 5.82 Å². The minimum absolute atomic E-state index is 0.191. The first-order valence-corrected chi connectivity index (χ1v) is 8.31. The quantitative estimate of drug-likeness (QED) is 0.903. The van der Waals surface area contributed by atoms with Crippen LogP contribution < -0.4 is 9.64 Å². The maximum absolute atomic E-state index is 10.00. The van der Waals surface area contributed by atoms with Crippen LogP contribution in [0.3, 0.4) is 0 Å². The molecular weight excluding hydrogens is 292 g/mol. The largest absolute Gasteiger partial charge is 0.492 e. The van der Waals surface area contributed by atoms with E-state index in [1.807, 2.05) is 17.9 Å². The minimum Gasteiger partial charge on any atom is -0.492 e. The van der Waals surface area contributed by atoms with Crippen LogP contribution in [0.25, 0.3) is 0 Å². The van der Waals surface area contributed by atoms with Crippen LogP contribution in [0.4, 0.5) is 5.82 Å². The normalized spacial score (nSPS) is 26.6. The fraction of sp³-hybridized carbons (Fsp3) is 0.611. The Kier molecular flexibility index (Phi) is 4.23. The monoisotopic (exact) mass is 318 g/mol. The topological polar surface area (TPSA) is 54.8 Å². The van der Waals surface area contributed by atoms with Gasteiger partial charge in [0, 0.05) is 11.6 Å². The summed E-state index contributed by atoms with van der Waals surface area (Å²) in [6.07, 6.45) is 4.18. The van der Waals surface area contributed by atoms with Gasteiger partial charge in [0.25, 0.3) is 0 Å². The molecule has 0 unspecified atom stereocenters. The number of aliphatic hydroxyl groups is 1. The van der Waals surface area contributed by atoms with E-state index in [-0.39, 0.29) is 6.04 Å². The SMILES string of the molecule is C=C1OCc2cc(OCCC(C)C)cnc2N1[C@H]1C[C@](C)(O)C1. The highest BCUT2D eigenvalue weighted by Gasteiger charge is 2.44. The molecule has 0 atom stereocenters. The number of nitrogens with zero attached hydrogens (tertiary/aromatic N) is 2. The molecule has 5 heteroatoms. The van der Waals surface area contributed by atoms with Crippen molar-refractivity contribution in [3.63, 3.8) is 0 Å². The molecule has 23 heavy (non-hydrogen) atoms. The maximum atomic E-state index is 10.00. The second-order valence-corrected chi connectivity index (χ2v) is 7.30. The number of hydrogen-bond donors (Lipinski definition) is 1. The molecule has 1 aliphatic heterocycles. The second kappa shape index (κ2) is 6.04. The summed E-state index contributed by atoms with van der Waals surface area (Å²) >= 11 is 0. The molecule has 1 aromatic rings. The molecule has 1 N–H and O–H groups in total. The van der Waals surface area contributed by atoms with Gasteiger partial charge in [-0.05, 0) is 44.7 Å². The third-order valence-corrected chi connectivity index (χ3v) is 4.49. The maximum Gasteiger partial charge on any atom is 0.188 e. The van der Waals surface area contributed by atoms with Crippen molar-refractivity contribution in [2.75, 3.05) is 11.5 Å². The number of rotatable bonds is 5. The minimum atomic E-state index is -0.595. The van der Waals surface area contributed by atoms with E-state index in [0.29, 0.717) is 37.9 Å². The Bertz CT molecular complexity index is 590. The van der Waals surface area contributed by atoms with E-state index in [4.69, 9.17) is 9.47 Å². The van der Waals surface area contributed by atoms with Crippen molar-refractivity contribution in [2.45, 2.75) is 58.3 Å². The Balaban J connectivity index is 1.73. The first-order valence-electron chi connectivity index (χ1n) is 8.31. The molecule has 1 aromatic heterocycles. The average Bonchev–Trinajstić information content (AvgIpc) is 2.44. The molecule has 5 nitrogen and oxygen atoms in total. The summed E-state index contributed by atoms with van der Waals surface area (Å²) in [4.78, 5) is 6.59. The Labute approximate surface area is 137 Å². The second-order valence-electron chi connectivity index (χ2n) is 7.30. The third-order valence-electron chi connectivity index (χ3n) is 4.49. The molecule has 0 bridgehead atoms. The van der Waals surface area contributed by atoms with E-state index in [0.717, 1.165) is 23.6 Å². The summed E-state index contributed by atoms with van der Waals surface area (Å²) in [5.41, 5.74) is 0.411. The van der Waals surface area contributed by atoms with Gasteiger partial charge in [0.1, 0.15) is 18.2 Å². The molecular formula is C18H26N2O3. The van der Waals surface area contributed by atoms with Gasteiger partial charge in [-0.25, -0.2) is 4.98 Å². The summed E-state index contributed by atoms with van der Waals surface area (Å²) in [6, 6.07) is 2.19. The molecule has 1 fully saturated rings. The van der Waals surface area contributed by atoms with E-state index < -0.39 is 5.60 Å². The Morgan fingerprint density at radius 2 is 2.26 bits per heavy atom. The number of ether oxygens (including phenoxy) is 2. The third kappa shape index (κ3) is 3.44. The number of pyridine rings is 1. The van der Waals surface area contributed by atoms with Crippen molar-refractivity contribution < 1.29 is 14.6 Å². The standard InChI is InChI=1S/C18H26N2O3/c1-12(2)5-6-22-16-7-14-11-23-13(3)20(17(14)19-10-16)15-8-18(4,21)9-15/h7,10,12,15,21H,3,5-6,8-9,11H2,1-2,4H3/t15-,18-. The van der Waals surface area contributed by atoms with Gasteiger partial charge < -0.3 is 14.6 Å². The van der Waals surface area contributed by atoms with Crippen LogP contribution in [-0.4, -0.2) is 28.3 Å². The van der Waals surface area contributed by atoms with Crippen LogP contribution in [0.5, 0.6) is 5.75 Å².